The Balaban J connectivity index is 2.52. The summed E-state index contributed by atoms with van der Waals surface area (Å²) >= 11 is 0. The molecule has 0 atom stereocenters. The summed E-state index contributed by atoms with van der Waals surface area (Å²) in [6.45, 7) is 13.7. The fourth-order valence-corrected chi connectivity index (χ4v) is 2.80. The van der Waals surface area contributed by atoms with Gasteiger partial charge in [0.2, 0.25) is 0 Å². The van der Waals surface area contributed by atoms with Crippen molar-refractivity contribution in [2.24, 2.45) is 0 Å². The van der Waals surface area contributed by atoms with Crippen LogP contribution in [-0.2, 0) is 0 Å². The van der Waals surface area contributed by atoms with E-state index in [0.717, 1.165) is 6.42 Å². The van der Waals surface area contributed by atoms with E-state index in [4.69, 9.17) is 0 Å². The minimum Gasteiger partial charge on any atom is -0.358 e. The van der Waals surface area contributed by atoms with Crippen molar-refractivity contribution >= 4 is 5.69 Å². The normalized spacial score (nSPS) is 14.4. The highest BCUT2D eigenvalue weighted by Crippen LogP contribution is 2.37. The number of allylic oxidation sites excluding steroid dienone is 3. The van der Waals surface area contributed by atoms with Gasteiger partial charge in [-0.2, -0.15) is 0 Å². The monoisotopic (exact) mass is 283 g/mol. The fourth-order valence-electron chi connectivity index (χ4n) is 2.80. The zero-order valence-corrected chi connectivity index (χ0v) is 14.3. The molecule has 1 aliphatic rings. The molecule has 0 saturated carbocycles. The Labute approximate surface area is 130 Å². The van der Waals surface area contributed by atoms with E-state index < -0.39 is 0 Å². The van der Waals surface area contributed by atoms with Gasteiger partial charge in [-0.15, -0.1) is 0 Å². The molecule has 0 bridgehead atoms. The molecule has 1 aliphatic carbocycles. The molecular weight excluding hydrogens is 254 g/mol. The van der Waals surface area contributed by atoms with E-state index in [1.54, 1.807) is 0 Å². The Morgan fingerprint density at radius 2 is 1.43 bits per heavy atom. The van der Waals surface area contributed by atoms with E-state index in [-0.39, 0.29) is 0 Å². The highest BCUT2D eigenvalue weighted by molar-refractivity contribution is 5.65. The molecule has 2 rings (SSSR count). The van der Waals surface area contributed by atoms with Crippen molar-refractivity contribution in [3.8, 4) is 0 Å². The predicted octanol–water partition coefficient (Wildman–Crippen LogP) is 6.31. The van der Waals surface area contributed by atoms with E-state index in [1.807, 2.05) is 0 Å². The highest BCUT2D eigenvalue weighted by atomic mass is 14.9. The number of nitrogens with one attached hydrogen (secondary N) is 1. The van der Waals surface area contributed by atoms with Crippen molar-refractivity contribution in [2.75, 3.05) is 5.32 Å². The molecule has 0 aliphatic heterocycles. The first kappa shape index (κ1) is 15.9. The summed E-state index contributed by atoms with van der Waals surface area (Å²) in [6.07, 6.45) is 7.54. The summed E-state index contributed by atoms with van der Waals surface area (Å²) in [4.78, 5) is 0. The third kappa shape index (κ3) is 3.58. The van der Waals surface area contributed by atoms with Crippen LogP contribution in [-0.4, -0.2) is 0 Å². The summed E-state index contributed by atoms with van der Waals surface area (Å²) in [5.74, 6) is 1.62. The van der Waals surface area contributed by atoms with Crippen LogP contribution >= 0.6 is 0 Å². The van der Waals surface area contributed by atoms with Gasteiger partial charge in [0.25, 0.3) is 0 Å². The number of benzene rings is 1. The van der Waals surface area contributed by atoms with Gasteiger partial charge in [-0.25, -0.2) is 0 Å². The maximum Gasteiger partial charge on any atom is 0.0452 e. The standard InChI is InChI=1S/C20H29N/c1-13(2)16-11-18(14(3)4)20(19(12-16)15(5)6)21-17-9-7-8-10-17/h7-9,11-15,21H,10H2,1-6H3. The van der Waals surface area contributed by atoms with Gasteiger partial charge in [-0.05, 0) is 40.5 Å². The van der Waals surface area contributed by atoms with E-state index in [1.165, 1.54) is 28.1 Å². The van der Waals surface area contributed by atoms with Crippen LogP contribution in [0.25, 0.3) is 0 Å². The van der Waals surface area contributed by atoms with Crippen molar-refractivity contribution in [1.29, 1.82) is 0 Å². The maximum absolute atomic E-state index is 3.71. The lowest BCUT2D eigenvalue weighted by atomic mass is 9.87. The lowest BCUT2D eigenvalue weighted by Gasteiger charge is -2.24. The number of hydrogen-bond donors (Lipinski definition) is 1. The van der Waals surface area contributed by atoms with Gasteiger partial charge in [0, 0.05) is 17.8 Å². The number of hydrogen-bond acceptors (Lipinski definition) is 1. The van der Waals surface area contributed by atoms with Crippen LogP contribution in [0.1, 0.15) is 82.4 Å². The zero-order chi connectivity index (χ0) is 15.6. The number of rotatable bonds is 5. The SMILES string of the molecule is CC(C)c1cc(C(C)C)c(NC2=CC=CC2)c(C(C)C)c1. The van der Waals surface area contributed by atoms with Crippen molar-refractivity contribution < 1.29 is 0 Å². The molecule has 0 spiro atoms. The summed E-state index contributed by atoms with van der Waals surface area (Å²) in [5.41, 5.74) is 6.97. The molecular formula is C20H29N. The van der Waals surface area contributed by atoms with Gasteiger partial charge < -0.3 is 5.32 Å². The average Bonchev–Trinajstić information content (AvgIpc) is 2.90. The molecule has 0 heterocycles. The second kappa shape index (κ2) is 6.51. The molecule has 1 aromatic rings. The van der Waals surface area contributed by atoms with Crippen LogP contribution in [0.2, 0.25) is 0 Å². The second-order valence-electron chi connectivity index (χ2n) is 6.99. The molecule has 21 heavy (non-hydrogen) atoms. The van der Waals surface area contributed by atoms with Gasteiger partial charge >= 0.3 is 0 Å². The smallest absolute Gasteiger partial charge is 0.0452 e. The van der Waals surface area contributed by atoms with E-state index in [0.29, 0.717) is 17.8 Å². The topological polar surface area (TPSA) is 12.0 Å². The molecule has 114 valence electrons. The number of anilines is 1. The van der Waals surface area contributed by atoms with Crippen LogP contribution < -0.4 is 5.32 Å². The van der Waals surface area contributed by atoms with Crippen molar-refractivity contribution in [3.63, 3.8) is 0 Å². The molecule has 0 amide bonds. The molecule has 0 unspecified atom stereocenters. The highest BCUT2D eigenvalue weighted by Gasteiger charge is 2.18. The largest absolute Gasteiger partial charge is 0.358 e. The minimum atomic E-state index is 0.527. The van der Waals surface area contributed by atoms with Crippen LogP contribution in [0.4, 0.5) is 5.69 Å². The van der Waals surface area contributed by atoms with Crippen molar-refractivity contribution in [1.82, 2.24) is 0 Å². The summed E-state index contributed by atoms with van der Waals surface area (Å²) < 4.78 is 0. The fraction of sp³-hybridized carbons (Fsp3) is 0.500. The Kier molecular flexibility index (Phi) is 4.92. The van der Waals surface area contributed by atoms with Crippen LogP contribution in [0.5, 0.6) is 0 Å². The third-order valence-corrected chi connectivity index (χ3v) is 4.19. The summed E-state index contributed by atoms with van der Waals surface area (Å²) in [7, 11) is 0. The van der Waals surface area contributed by atoms with E-state index in [9.17, 15) is 0 Å². The van der Waals surface area contributed by atoms with Gasteiger partial charge in [-0.1, -0.05) is 65.8 Å². The van der Waals surface area contributed by atoms with Gasteiger partial charge in [0.15, 0.2) is 0 Å². The average molecular weight is 283 g/mol. The lowest BCUT2D eigenvalue weighted by Crippen LogP contribution is -2.08. The lowest BCUT2D eigenvalue weighted by molar-refractivity contribution is 0.806. The molecule has 0 radical (unpaired) electrons. The van der Waals surface area contributed by atoms with E-state index >= 15 is 0 Å². The summed E-state index contributed by atoms with van der Waals surface area (Å²) in [5, 5.41) is 3.71. The molecule has 1 heteroatoms. The van der Waals surface area contributed by atoms with Gasteiger partial charge in [-0.3, -0.25) is 0 Å². The molecule has 1 aromatic carbocycles. The molecule has 0 saturated heterocycles. The minimum absolute atomic E-state index is 0.527. The van der Waals surface area contributed by atoms with Crippen LogP contribution in [0, 0.1) is 0 Å². The van der Waals surface area contributed by atoms with Gasteiger partial charge in [0.05, 0.1) is 0 Å². The first-order valence-electron chi connectivity index (χ1n) is 8.20. The second-order valence-corrected chi connectivity index (χ2v) is 6.99. The van der Waals surface area contributed by atoms with Crippen molar-refractivity contribution in [3.05, 3.63) is 52.7 Å². The van der Waals surface area contributed by atoms with Crippen LogP contribution in [0.3, 0.4) is 0 Å². The Bertz CT molecular complexity index is 530. The third-order valence-electron chi connectivity index (χ3n) is 4.19. The van der Waals surface area contributed by atoms with Gasteiger partial charge in [0.1, 0.15) is 0 Å². The zero-order valence-electron chi connectivity index (χ0n) is 14.3. The molecule has 1 N–H and O–H groups in total. The van der Waals surface area contributed by atoms with E-state index in [2.05, 4.69) is 77.2 Å². The Morgan fingerprint density at radius 3 is 1.81 bits per heavy atom. The van der Waals surface area contributed by atoms with Crippen molar-refractivity contribution in [2.45, 2.75) is 65.7 Å². The Morgan fingerprint density at radius 1 is 0.857 bits per heavy atom. The Hall–Kier alpha value is -1.50. The molecule has 0 aromatic heterocycles. The quantitative estimate of drug-likeness (QED) is 0.667. The first-order valence-corrected chi connectivity index (χ1v) is 8.20. The maximum atomic E-state index is 3.71. The predicted molar refractivity (Wildman–Crippen MR) is 94.2 cm³/mol. The first-order chi connectivity index (χ1) is 9.90. The summed E-state index contributed by atoms with van der Waals surface area (Å²) in [6, 6.07) is 4.79. The molecule has 0 fully saturated rings. The molecule has 1 nitrogen and oxygen atoms in total. The van der Waals surface area contributed by atoms with Crippen LogP contribution in [0.15, 0.2) is 36.1 Å².